The minimum absolute atomic E-state index is 0.0149. The first-order valence-corrected chi connectivity index (χ1v) is 10.6. The molecule has 0 fully saturated rings. The Bertz CT molecular complexity index is 1030. The Balaban J connectivity index is 2.24. The van der Waals surface area contributed by atoms with Crippen molar-refractivity contribution >= 4 is 17.5 Å². The average molecular weight is 474 g/mol. The third-order valence-corrected chi connectivity index (χ3v) is 4.86. The summed E-state index contributed by atoms with van der Waals surface area (Å²) in [6.45, 7) is 7.00. The van der Waals surface area contributed by atoms with Crippen molar-refractivity contribution < 1.29 is 28.7 Å². The average Bonchev–Trinajstić information content (AvgIpc) is 2.79. The second-order valence-electron chi connectivity index (χ2n) is 8.67. The zero-order valence-corrected chi connectivity index (χ0v) is 20.3. The van der Waals surface area contributed by atoms with Crippen molar-refractivity contribution in [2.75, 3.05) is 20.8 Å². The Morgan fingerprint density at radius 1 is 1.09 bits per heavy atom. The number of rotatable bonds is 10. The second kappa shape index (κ2) is 11.4. The molecule has 10 heteroatoms. The molecule has 0 heterocycles. The summed E-state index contributed by atoms with van der Waals surface area (Å²) in [4.78, 5) is 37.9. The number of benzene rings is 2. The lowest BCUT2D eigenvalue weighted by atomic mass is 10.1. The standard InChI is InChI=1S/C24H31N3O7/c1-16(23(29)25-24(2,3)4)26(14-17-8-7-9-18(12-17)32-5)22(28)15-34-19-10-11-20(27(30)31)21(13-19)33-6/h7-13,16H,14-15H2,1-6H3,(H,25,29)/t16-/m0/s1. The SMILES string of the molecule is COc1cccc(CN(C(=O)COc2ccc([N+](=O)[O-])c(OC)c2)[C@@H](C)C(=O)NC(C)(C)C)c1. The van der Waals surface area contributed by atoms with Crippen LogP contribution in [0.4, 0.5) is 5.69 Å². The normalized spacial score (nSPS) is 11.8. The van der Waals surface area contributed by atoms with Crippen LogP contribution in [0.2, 0.25) is 0 Å². The maximum Gasteiger partial charge on any atom is 0.311 e. The fraction of sp³-hybridized carbons (Fsp3) is 0.417. The predicted octanol–water partition coefficient (Wildman–Crippen LogP) is 3.32. The topological polar surface area (TPSA) is 120 Å². The Kier molecular flexibility index (Phi) is 8.83. The number of carbonyl (C=O) groups excluding carboxylic acids is 2. The highest BCUT2D eigenvalue weighted by Gasteiger charge is 2.29. The third-order valence-electron chi connectivity index (χ3n) is 4.86. The molecule has 1 atom stereocenters. The molecule has 0 saturated carbocycles. The van der Waals surface area contributed by atoms with Gasteiger partial charge in [0.15, 0.2) is 6.61 Å². The fourth-order valence-corrected chi connectivity index (χ4v) is 3.15. The van der Waals surface area contributed by atoms with Crippen molar-refractivity contribution in [2.24, 2.45) is 0 Å². The van der Waals surface area contributed by atoms with Gasteiger partial charge in [0.2, 0.25) is 11.7 Å². The number of nitrogens with one attached hydrogen (secondary N) is 1. The molecule has 0 aliphatic rings. The summed E-state index contributed by atoms with van der Waals surface area (Å²) >= 11 is 0. The first-order chi connectivity index (χ1) is 15.9. The van der Waals surface area contributed by atoms with Crippen LogP contribution in [0, 0.1) is 10.1 Å². The number of nitro benzene ring substituents is 1. The zero-order valence-electron chi connectivity index (χ0n) is 20.3. The lowest BCUT2D eigenvalue weighted by Gasteiger charge is -2.31. The molecule has 0 saturated heterocycles. The van der Waals surface area contributed by atoms with E-state index in [4.69, 9.17) is 14.2 Å². The first-order valence-electron chi connectivity index (χ1n) is 10.6. The smallest absolute Gasteiger partial charge is 0.311 e. The van der Waals surface area contributed by atoms with Gasteiger partial charge in [-0.3, -0.25) is 19.7 Å². The van der Waals surface area contributed by atoms with E-state index in [0.29, 0.717) is 5.75 Å². The molecule has 2 aromatic rings. The van der Waals surface area contributed by atoms with Gasteiger partial charge in [-0.2, -0.15) is 0 Å². The van der Waals surface area contributed by atoms with Gasteiger partial charge in [-0.05, 0) is 51.5 Å². The summed E-state index contributed by atoms with van der Waals surface area (Å²) in [5.74, 6) is 0.133. The van der Waals surface area contributed by atoms with Gasteiger partial charge < -0.3 is 24.4 Å². The highest BCUT2D eigenvalue weighted by atomic mass is 16.6. The van der Waals surface area contributed by atoms with E-state index in [1.54, 1.807) is 32.2 Å². The molecule has 1 N–H and O–H groups in total. The molecule has 0 radical (unpaired) electrons. The molecule has 0 aromatic heterocycles. The van der Waals surface area contributed by atoms with Crippen LogP contribution in [0.15, 0.2) is 42.5 Å². The third kappa shape index (κ3) is 7.36. The van der Waals surface area contributed by atoms with E-state index in [1.807, 2.05) is 26.8 Å². The highest BCUT2D eigenvalue weighted by Crippen LogP contribution is 2.30. The van der Waals surface area contributed by atoms with Crippen LogP contribution in [0.5, 0.6) is 17.2 Å². The van der Waals surface area contributed by atoms with Crippen LogP contribution in [-0.4, -0.2) is 54.0 Å². The van der Waals surface area contributed by atoms with Gasteiger partial charge in [0.05, 0.1) is 19.1 Å². The molecule has 0 bridgehead atoms. The molecule has 2 aromatic carbocycles. The number of methoxy groups -OCH3 is 2. The van der Waals surface area contributed by atoms with E-state index in [1.165, 1.54) is 30.2 Å². The van der Waals surface area contributed by atoms with Gasteiger partial charge in [0.1, 0.15) is 17.5 Å². The molecular formula is C24H31N3O7. The van der Waals surface area contributed by atoms with E-state index in [9.17, 15) is 19.7 Å². The second-order valence-corrected chi connectivity index (χ2v) is 8.67. The molecule has 0 unspecified atom stereocenters. The van der Waals surface area contributed by atoms with Gasteiger partial charge in [-0.15, -0.1) is 0 Å². The summed E-state index contributed by atoms with van der Waals surface area (Å²) in [6.07, 6.45) is 0. The van der Waals surface area contributed by atoms with E-state index in [0.717, 1.165) is 5.56 Å². The molecule has 0 aliphatic heterocycles. The number of hydrogen-bond donors (Lipinski definition) is 1. The molecule has 2 amide bonds. The van der Waals surface area contributed by atoms with Crippen molar-refractivity contribution in [1.82, 2.24) is 10.2 Å². The number of ether oxygens (including phenoxy) is 3. The van der Waals surface area contributed by atoms with E-state index >= 15 is 0 Å². The van der Waals surface area contributed by atoms with Gasteiger partial charge in [0.25, 0.3) is 5.91 Å². The van der Waals surface area contributed by atoms with Crippen LogP contribution in [0.25, 0.3) is 0 Å². The summed E-state index contributed by atoms with van der Waals surface area (Å²) in [7, 11) is 2.86. The molecule has 184 valence electrons. The number of hydrogen-bond acceptors (Lipinski definition) is 7. The molecule has 0 aliphatic carbocycles. The molecule has 34 heavy (non-hydrogen) atoms. The summed E-state index contributed by atoms with van der Waals surface area (Å²) in [5.41, 5.74) is 0.0929. The molecule has 10 nitrogen and oxygen atoms in total. The van der Waals surface area contributed by atoms with E-state index in [2.05, 4.69) is 5.32 Å². The fourth-order valence-electron chi connectivity index (χ4n) is 3.15. The predicted molar refractivity (Wildman–Crippen MR) is 126 cm³/mol. The van der Waals surface area contributed by atoms with Crippen molar-refractivity contribution in [3.8, 4) is 17.2 Å². The Hall–Kier alpha value is -3.82. The summed E-state index contributed by atoms with van der Waals surface area (Å²) in [6, 6.07) is 10.4. The van der Waals surface area contributed by atoms with Gasteiger partial charge in [0, 0.05) is 24.2 Å². The zero-order chi connectivity index (χ0) is 25.5. The Labute approximate surface area is 198 Å². The number of nitro groups is 1. The number of carbonyl (C=O) groups is 2. The number of amides is 2. The van der Waals surface area contributed by atoms with Crippen LogP contribution >= 0.6 is 0 Å². The summed E-state index contributed by atoms with van der Waals surface area (Å²) in [5, 5.41) is 14.0. The van der Waals surface area contributed by atoms with Crippen LogP contribution in [0.1, 0.15) is 33.3 Å². The van der Waals surface area contributed by atoms with Crippen molar-refractivity contribution in [3.63, 3.8) is 0 Å². The largest absolute Gasteiger partial charge is 0.497 e. The molecule has 0 spiro atoms. The monoisotopic (exact) mass is 473 g/mol. The van der Waals surface area contributed by atoms with Crippen LogP contribution < -0.4 is 19.5 Å². The van der Waals surface area contributed by atoms with Gasteiger partial charge in [-0.1, -0.05) is 12.1 Å². The summed E-state index contributed by atoms with van der Waals surface area (Å²) < 4.78 is 15.9. The molecule has 2 rings (SSSR count). The quantitative estimate of drug-likeness (QED) is 0.415. The number of nitrogens with zero attached hydrogens (tertiary/aromatic N) is 2. The lowest BCUT2D eigenvalue weighted by molar-refractivity contribution is -0.385. The minimum atomic E-state index is -0.784. The van der Waals surface area contributed by atoms with Crippen LogP contribution in [-0.2, 0) is 16.1 Å². The minimum Gasteiger partial charge on any atom is -0.497 e. The molecular weight excluding hydrogens is 442 g/mol. The Morgan fingerprint density at radius 3 is 2.38 bits per heavy atom. The highest BCUT2D eigenvalue weighted by molar-refractivity contribution is 5.88. The first kappa shape index (κ1) is 26.4. The van der Waals surface area contributed by atoms with Crippen molar-refractivity contribution in [3.05, 3.63) is 58.1 Å². The van der Waals surface area contributed by atoms with Gasteiger partial charge >= 0.3 is 5.69 Å². The lowest BCUT2D eigenvalue weighted by Crippen LogP contribution is -2.53. The maximum atomic E-state index is 13.2. The van der Waals surface area contributed by atoms with E-state index < -0.39 is 22.4 Å². The van der Waals surface area contributed by atoms with E-state index in [-0.39, 0.29) is 36.2 Å². The van der Waals surface area contributed by atoms with Gasteiger partial charge in [-0.25, -0.2) is 0 Å². The Morgan fingerprint density at radius 2 is 1.79 bits per heavy atom. The van der Waals surface area contributed by atoms with Crippen molar-refractivity contribution in [2.45, 2.75) is 45.8 Å². The maximum absolute atomic E-state index is 13.2. The van der Waals surface area contributed by atoms with Crippen molar-refractivity contribution in [1.29, 1.82) is 0 Å². The van der Waals surface area contributed by atoms with Crippen LogP contribution in [0.3, 0.4) is 0 Å².